The number of ketones is 1. The Hall–Kier alpha value is -1.09. The van der Waals surface area contributed by atoms with Gasteiger partial charge in [0.05, 0.1) is 10.8 Å². The Bertz CT molecular complexity index is 522. The van der Waals surface area contributed by atoms with Crippen molar-refractivity contribution in [3.8, 4) is 0 Å². The quantitative estimate of drug-likeness (QED) is 0.830. The maximum atomic E-state index is 11.8. The van der Waals surface area contributed by atoms with E-state index in [1.165, 1.54) is 16.7 Å². The van der Waals surface area contributed by atoms with Gasteiger partial charge in [-0.25, -0.2) is 0 Å². The van der Waals surface area contributed by atoms with E-state index in [0.29, 0.717) is 23.9 Å². The van der Waals surface area contributed by atoms with Gasteiger partial charge in [0.25, 0.3) is 0 Å². The lowest BCUT2D eigenvalue weighted by atomic mass is 9.89. The minimum Gasteiger partial charge on any atom is -0.299 e. The molecule has 20 heavy (non-hydrogen) atoms. The number of carbonyl (C=O) groups is 1. The summed E-state index contributed by atoms with van der Waals surface area (Å²) < 4.78 is 0. The number of nitrogens with zero attached hydrogens (tertiary/aromatic N) is 1. The van der Waals surface area contributed by atoms with Crippen LogP contribution in [0.2, 0.25) is 0 Å². The van der Waals surface area contributed by atoms with Crippen LogP contribution in [0.1, 0.15) is 48.8 Å². The number of benzene rings is 1. The van der Waals surface area contributed by atoms with Gasteiger partial charge < -0.3 is 0 Å². The second-order valence-electron chi connectivity index (χ2n) is 5.43. The zero-order valence-corrected chi connectivity index (χ0v) is 13.4. The second-order valence-corrected chi connectivity index (χ2v) is 6.42. The van der Waals surface area contributed by atoms with Crippen molar-refractivity contribution in [3.63, 3.8) is 0 Å². The molecule has 1 fully saturated rings. The Morgan fingerprint density at radius 3 is 2.90 bits per heavy atom. The molecule has 1 atom stereocenters. The average molecular weight is 289 g/mol. The van der Waals surface area contributed by atoms with Crippen molar-refractivity contribution < 1.29 is 4.79 Å². The molecule has 0 radical (unpaired) electrons. The fourth-order valence-corrected chi connectivity index (χ4v) is 3.66. The van der Waals surface area contributed by atoms with E-state index in [9.17, 15) is 4.79 Å². The molecular weight excluding hydrogens is 266 g/mol. The van der Waals surface area contributed by atoms with Crippen LogP contribution in [-0.4, -0.2) is 23.1 Å². The molecule has 2 nitrogen and oxygen atoms in total. The van der Waals surface area contributed by atoms with Crippen molar-refractivity contribution in [2.75, 3.05) is 12.3 Å². The van der Waals surface area contributed by atoms with Crippen LogP contribution in [0.15, 0.2) is 23.2 Å². The minimum absolute atomic E-state index is 0.304. The first-order valence-electron chi connectivity index (χ1n) is 7.38. The van der Waals surface area contributed by atoms with Crippen molar-refractivity contribution >= 4 is 22.6 Å². The third-order valence-corrected chi connectivity index (χ3v) is 5.08. The van der Waals surface area contributed by atoms with Crippen molar-refractivity contribution in [2.45, 2.75) is 46.0 Å². The third-order valence-electron chi connectivity index (χ3n) is 3.90. The highest BCUT2D eigenvalue weighted by atomic mass is 32.2. The topological polar surface area (TPSA) is 29.4 Å². The largest absolute Gasteiger partial charge is 0.299 e. The van der Waals surface area contributed by atoms with E-state index >= 15 is 0 Å². The van der Waals surface area contributed by atoms with Gasteiger partial charge in [-0.2, -0.15) is 0 Å². The van der Waals surface area contributed by atoms with E-state index in [2.05, 4.69) is 39.0 Å². The maximum absolute atomic E-state index is 11.8. The molecule has 0 aromatic heterocycles. The molecule has 0 saturated carbocycles. The van der Waals surface area contributed by atoms with Gasteiger partial charge in [0.2, 0.25) is 0 Å². The van der Waals surface area contributed by atoms with E-state index in [1.807, 2.05) is 0 Å². The standard InChI is InChI=1S/C17H23NOS/c1-4-10-18-17-16(9-8-14(19)11-20-17)15-7-5-6-12(2)13(15)3/h5-7,16H,4,8-11H2,1-3H3. The van der Waals surface area contributed by atoms with Crippen LogP contribution in [0.3, 0.4) is 0 Å². The van der Waals surface area contributed by atoms with Gasteiger partial charge >= 0.3 is 0 Å². The SMILES string of the molecule is CCCN=C1SCC(=O)CCC1c1cccc(C)c1C. The molecule has 0 amide bonds. The van der Waals surface area contributed by atoms with Crippen LogP contribution >= 0.6 is 11.8 Å². The smallest absolute Gasteiger partial charge is 0.143 e. The Kier molecular flexibility index (Phi) is 5.41. The van der Waals surface area contributed by atoms with Gasteiger partial charge in [-0.15, -0.1) is 11.8 Å². The van der Waals surface area contributed by atoms with Crippen LogP contribution in [0.4, 0.5) is 0 Å². The Morgan fingerprint density at radius 2 is 2.15 bits per heavy atom. The summed E-state index contributed by atoms with van der Waals surface area (Å²) >= 11 is 1.65. The predicted octanol–water partition coefficient (Wildman–Crippen LogP) is 4.29. The number of hydrogen-bond acceptors (Lipinski definition) is 3. The summed E-state index contributed by atoms with van der Waals surface area (Å²) in [6.45, 7) is 7.33. The first-order valence-corrected chi connectivity index (χ1v) is 8.37. The first kappa shape index (κ1) is 15.3. The summed E-state index contributed by atoms with van der Waals surface area (Å²) in [4.78, 5) is 16.5. The predicted molar refractivity (Wildman–Crippen MR) is 87.9 cm³/mol. The molecule has 1 aliphatic heterocycles. The summed E-state index contributed by atoms with van der Waals surface area (Å²) in [5.41, 5.74) is 4.01. The van der Waals surface area contributed by atoms with E-state index in [1.54, 1.807) is 11.8 Å². The molecule has 1 heterocycles. The average Bonchev–Trinajstić information content (AvgIpc) is 2.62. The molecule has 1 aliphatic rings. The number of aliphatic imine (C=N–C) groups is 1. The fraction of sp³-hybridized carbons (Fsp3) is 0.529. The third kappa shape index (κ3) is 3.51. The molecule has 1 saturated heterocycles. The zero-order valence-electron chi connectivity index (χ0n) is 12.6. The summed E-state index contributed by atoms with van der Waals surface area (Å²) in [5.74, 6) is 1.24. The number of hydrogen-bond donors (Lipinski definition) is 0. The molecule has 0 spiro atoms. The van der Waals surface area contributed by atoms with Crippen molar-refractivity contribution in [1.29, 1.82) is 0 Å². The van der Waals surface area contributed by atoms with E-state index < -0.39 is 0 Å². The number of Topliss-reactive ketones (excluding diaryl/α,β-unsaturated/α-hetero) is 1. The number of thioether (sulfide) groups is 1. The summed E-state index contributed by atoms with van der Waals surface area (Å²) in [5, 5.41) is 1.16. The molecule has 108 valence electrons. The summed E-state index contributed by atoms with van der Waals surface area (Å²) in [6.07, 6.45) is 2.63. The van der Waals surface area contributed by atoms with Gasteiger partial charge in [0.15, 0.2) is 0 Å². The molecule has 2 rings (SSSR count). The molecule has 3 heteroatoms. The monoisotopic (exact) mass is 289 g/mol. The Morgan fingerprint density at radius 1 is 1.35 bits per heavy atom. The highest BCUT2D eigenvalue weighted by Gasteiger charge is 2.25. The number of aryl methyl sites for hydroxylation is 1. The number of carbonyl (C=O) groups excluding carboxylic acids is 1. The van der Waals surface area contributed by atoms with Crippen molar-refractivity contribution in [3.05, 3.63) is 34.9 Å². The van der Waals surface area contributed by atoms with E-state index in [4.69, 9.17) is 4.99 Å². The Balaban J connectivity index is 2.37. The lowest BCUT2D eigenvalue weighted by Crippen LogP contribution is -2.11. The number of rotatable bonds is 3. The van der Waals surface area contributed by atoms with E-state index in [-0.39, 0.29) is 0 Å². The van der Waals surface area contributed by atoms with Crippen LogP contribution in [-0.2, 0) is 4.79 Å². The molecule has 0 N–H and O–H groups in total. The van der Waals surface area contributed by atoms with Gasteiger partial charge in [0, 0.05) is 18.9 Å². The molecule has 1 aromatic rings. The summed E-state index contributed by atoms with van der Waals surface area (Å²) in [6, 6.07) is 6.47. The van der Waals surface area contributed by atoms with Crippen LogP contribution in [0.25, 0.3) is 0 Å². The van der Waals surface area contributed by atoms with Crippen LogP contribution < -0.4 is 0 Å². The second kappa shape index (κ2) is 7.07. The highest BCUT2D eigenvalue weighted by Crippen LogP contribution is 2.34. The Labute approximate surface area is 126 Å². The normalized spacial score (nSPS) is 22.1. The van der Waals surface area contributed by atoms with Gasteiger partial charge in [0.1, 0.15) is 5.78 Å². The van der Waals surface area contributed by atoms with Crippen molar-refractivity contribution in [2.24, 2.45) is 4.99 Å². The molecular formula is C17H23NOS. The highest BCUT2D eigenvalue weighted by molar-refractivity contribution is 8.14. The fourth-order valence-electron chi connectivity index (χ4n) is 2.57. The van der Waals surface area contributed by atoms with Crippen LogP contribution in [0.5, 0.6) is 0 Å². The first-order chi connectivity index (χ1) is 9.63. The maximum Gasteiger partial charge on any atom is 0.143 e. The lowest BCUT2D eigenvalue weighted by Gasteiger charge is -2.20. The molecule has 0 aliphatic carbocycles. The molecule has 1 unspecified atom stereocenters. The van der Waals surface area contributed by atoms with Gasteiger partial charge in [-0.1, -0.05) is 25.1 Å². The van der Waals surface area contributed by atoms with Crippen LogP contribution in [0, 0.1) is 13.8 Å². The van der Waals surface area contributed by atoms with Gasteiger partial charge in [-0.05, 0) is 43.4 Å². The zero-order chi connectivity index (χ0) is 14.5. The minimum atomic E-state index is 0.304. The summed E-state index contributed by atoms with van der Waals surface area (Å²) in [7, 11) is 0. The van der Waals surface area contributed by atoms with Crippen molar-refractivity contribution in [1.82, 2.24) is 0 Å². The molecule has 0 bridgehead atoms. The lowest BCUT2D eigenvalue weighted by molar-refractivity contribution is -0.116. The molecule has 1 aromatic carbocycles. The van der Waals surface area contributed by atoms with E-state index in [0.717, 1.165) is 24.4 Å². The van der Waals surface area contributed by atoms with Gasteiger partial charge in [-0.3, -0.25) is 9.79 Å².